The van der Waals surface area contributed by atoms with Crippen molar-refractivity contribution < 1.29 is 62.1 Å². The summed E-state index contributed by atoms with van der Waals surface area (Å²) in [4.78, 5) is 76.2. The van der Waals surface area contributed by atoms with Gasteiger partial charge in [0.15, 0.2) is 0 Å². The van der Waals surface area contributed by atoms with Crippen LogP contribution in [-0.2, 0) is 54.7 Å². The fourth-order valence-corrected chi connectivity index (χ4v) is 5.48. The Labute approximate surface area is 353 Å². The van der Waals surface area contributed by atoms with Crippen molar-refractivity contribution in [2.75, 3.05) is 52.7 Å². The first-order chi connectivity index (χ1) is 28.4. The predicted octanol–water partition coefficient (Wildman–Crippen LogP) is 7.02. The number of esters is 5. The molecule has 0 saturated heterocycles. The topological polar surface area (TPSA) is 181 Å². The molecule has 59 heavy (non-hydrogen) atoms. The van der Waals surface area contributed by atoms with E-state index in [4.69, 9.17) is 23.7 Å². The lowest BCUT2D eigenvalue weighted by molar-refractivity contribution is -0.670. The summed E-state index contributed by atoms with van der Waals surface area (Å²) in [6.45, 7) is 9.19. The van der Waals surface area contributed by atoms with Crippen molar-refractivity contribution >= 4 is 35.9 Å². The molecule has 1 aromatic heterocycles. The molecule has 0 spiro atoms. The molecule has 0 aliphatic heterocycles. The number of hydrogen-bond donors (Lipinski definition) is 1. The molecule has 0 aliphatic rings. The van der Waals surface area contributed by atoms with E-state index in [0.717, 1.165) is 64.2 Å². The number of carbonyl (C=O) groups is 6. The molecule has 15 heteroatoms. The van der Waals surface area contributed by atoms with Crippen LogP contribution >= 0.6 is 0 Å². The van der Waals surface area contributed by atoms with Crippen LogP contribution in [0, 0.1) is 11.8 Å². The van der Waals surface area contributed by atoms with Crippen molar-refractivity contribution in [3.05, 3.63) is 18.7 Å². The van der Waals surface area contributed by atoms with Gasteiger partial charge in [-0.15, -0.1) is 0 Å². The van der Waals surface area contributed by atoms with Gasteiger partial charge in [0.25, 0.3) is 6.33 Å². The zero-order valence-electron chi connectivity index (χ0n) is 37.3. The van der Waals surface area contributed by atoms with Crippen LogP contribution in [0.3, 0.4) is 0 Å². The number of unbranched alkanes of at least 4 members (excludes halogenated alkanes) is 11. The van der Waals surface area contributed by atoms with Crippen LogP contribution in [0.15, 0.2) is 18.7 Å². The van der Waals surface area contributed by atoms with Gasteiger partial charge in [-0.05, 0) is 12.8 Å². The maximum atomic E-state index is 13.3. The number of carbonyl (C=O) groups excluding carboxylic acids is 6. The largest absolute Gasteiger partial charge is 0.465 e. The molecular weight excluding hydrogens is 762 g/mol. The first-order valence-electron chi connectivity index (χ1n) is 22.2. The van der Waals surface area contributed by atoms with Crippen molar-refractivity contribution in [3.8, 4) is 0 Å². The SMILES string of the molecule is CCCC.CCCCCCCCC(=O)OCC(CO)CC(=O)OCCN(CCOC(=O)CC(COC(=O)CC)COC(=O)CCCCCCCC)C(=O)n1cc[n+](C)c1. The molecule has 2 atom stereocenters. The maximum Gasteiger partial charge on any atom is 0.416 e. The smallest absolute Gasteiger partial charge is 0.416 e. The number of ether oxygens (including phenoxy) is 5. The molecule has 2 unspecified atom stereocenters. The summed E-state index contributed by atoms with van der Waals surface area (Å²) in [5, 5.41) is 9.73. The highest BCUT2D eigenvalue weighted by Gasteiger charge is 2.24. The van der Waals surface area contributed by atoms with Gasteiger partial charge >= 0.3 is 35.9 Å². The van der Waals surface area contributed by atoms with Gasteiger partial charge < -0.3 is 28.8 Å². The van der Waals surface area contributed by atoms with Gasteiger partial charge in [0.2, 0.25) is 0 Å². The Balaban J connectivity index is 0.00000801. The molecule has 0 bridgehead atoms. The Hall–Kier alpha value is -4.01. The monoisotopic (exact) mass is 841 g/mol. The third kappa shape index (κ3) is 30.7. The molecule has 0 fully saturated rings. The quantitative estimate of drug-likeness (QED) is 0.0331. The Morgan fingerprint density at radius 2 is 1.02 bits per heavy atom. The number of hydrogen-bond acceptors (Lipinski definition) is 12. The first-order valence-corrected chi connectivity index (χ1v) is 22.2. The van der Waals surface area contributed by atoms with Crippen molar-refractivity contribution in [2.45, 2.75) is 157 Å². The second-order valence-electron chi connectivity index (χ2n) is 15.0. The predicted molar refractivity (Wildman–Crippen MR) is 223 cm³/mol. The van der Waals surface area contributed by atoms with Crippen molar-refractivity contribution in [3.63, 3.8) is 0 Å². The summed E-state index contributed by atoms with van der Waals surface area (Å²) in [6.07, 6.45) is 20.2. The second kappa shape index (κ2) is 37.0. The first kappa shape index (κ1) is 55.0. The van der Waals surface area contributed by atoms with Crippen LogP contribution in [-0.4, -0.2) is 103 Å². The van der Waals surface area contributed by atoms with Gasteiger partial charge in [-0.3, -0.25) is 28.9 Å². The summed E-state index contributed by atoms with van der Waals surface area (Å²) < 4.78 is 29.7. The fraction of sp³-hybridized carbons (Fsp3) is 0.795. The van der Waals surface area contributed by atoms with E-state index in [9.17, 15) is 33.9 Å². The van der Waals surface area contributed by atoms with E-state index < -0.39 is 35.8 Å². The number of aryl methyl sites for hydroxylation is 1. The lowest BCUT2D eigenvalue weighted by atomic mass is 10.1. The van der Waals surface area contributed by atoms with E-state index in [-0.39, 0.29) is 96.8 Å². The van der Waals surface area contributed by atoms with E-state index >= 15 is 0 Å². The molecule has 1 aromatic rings. The Morgan fingerprint density at radius 1 is 0.576 bits per heavy atom. The summed E-state index contributed by atoms with van der Waals surface area (Å²) in [6, 6.07) is -0.445. The molecule has 340 valence electrons. The molecular formula is C44H78N3O12+. The summed E-state index contributed by atoms with van der Waals surface area (Å²) >= 11 is 0. The number of rotatable bonds is 33. The van der Waals surface area contributed by atoms with Crippen LogP contribution < -0.4 is 4.57 Å². The summed E-state index contributed by atoms with van der Waals surface area (Å²) in [7, 11) is 1.75. The zero-order chi connectivity index (χ0) is 44.1. The normalized spacial score (nSPS) is 11.7. The average molecular weight is 841 g/mol. The number of amides is 1. The van der Waals surface area contributed by atoms with Gasteiger partial charge in [0.05, 0.1) is 52.8 Å². The minimum absolute atomic E-state index is 0.0226. The molecule has 0 radical (unpaired) electrons. The second-order valence-corrected chi connectivity index (χ2v) is 15.0. The molecule has 1 rings (SSSR count). The Morgan fingerprint density at radius 3 is 1.44 bits per heavy atom. The molecule has 0 saturated carbocycles. The highest BCUT2D eigenvalue weighted by molar-refractivity contribution is 5.77. The van der Waals surface area contributed by atoms with Gasteiger partial charge in [-0.2, -0.15) is 4.57 Å². The van der Waals surface area contributed by atoms with Crippen LogP contribution in [0.25, 0.3) is 0 Å². The highest BCUT2D eigenvalue weighted by atomic mass is 16.6. The van der Waals surface area contributed by atoms with Crippen LogP contribution in [0.5, 0.6) is 0 Å². The van der Waals surface area contributed by atoms with E-state index in [1.807, 2.05) is 0 Å². The molecule has 1 amide bonds. The number of imidazole rings is 1. The maximum absolute atomic E-state index is 13.3. The molecule has 0 aliphatic carbocycles. The number of aliphatic hydroxyl groups excluding tert-OH is 1. The average Bonchev–Trinajstić information content (AvgIpc) is 3.67. The van der Waals surface area contributed by atoms with Gasteiger partial charge in [-0.25, -0.2) is 9.36 Å². The van der Waals surface area contributed by atoms with Crippen molar-refractivity contribution in [2.24, 2.45) is 18.9 Å². The molecule has 15 nitrogen and oxygen atoms in total. The summed E-state index contributed by atoms with van der Waals surface area (Å²) in [5.41, 5.74) is 0. The number of nitrogens with zero attached hydrogens (tertiary/aromatic N) is 3. The van der Waals surface area contributed by atoms with E-state index in [1.165, 1.54) is 35.2 Å². The Bertz CT molecular complexity index is 1290. The van der Waals surface area contributed by atoms with Crippen LogP contribution in [0.1, 0.15) is 157 Å². The third-order valence-electron chi connectivity index (χ3n) is 9.38. The standard InChI is InChI=1S/C40H68N3O12.C4H10/c1-5-8-10-12-14-16-18-36(46)54-29-33(28-44)26-38(48)51-24-22-42(40(50)43-21-20-41(4)32-43)23-25-52-39(49)27-34(30-53-35(45)7-3)31-55-37(47)19-17-15-13-11-9-6-2;1-3-4-2/h20-21,32-34,44H,5-19,22-31H2,1-4H3;3-4H2,1-2H3/q+1;. The van der Waals surface area contributed by atoms with E-state index in [1.54, 1.807) is 37.3 Å². The third-order valence-corrected chi connectivity index (χ3v) is 9.38. The lowest BCUT2D eigenvalue weighted by Crippen LogP contribution is -2.40. The van der Waals surface area contributed by atoms with Crippen LogP contribution in [0.2, 0.25) is 0 Å². The molecule has 0 aromatic carbocycles. The van der Waals surface area contributed by atoms with Crippen molar-refractivity contribution in [1.29, 1.82) is 0 Å². The van der Waals surface area contributed by atoms with Gasteiger partial charge in [0.1, 0.15) is 25.6 Å². The van der Waals surface area contributed by atoms with Crippen molar-refractivity contribution in [1.82, 2.24) is 9.47 Å². The minimum Gasteiger partial charge on any atom is -0.465 e. The molecule has 1 N–H and O–H groups in total. The fourth-order valence-electron chi connectivity index (χ4n) is 5.48. The highest BCUT2D eigenvalue weighted by Crippen LogP contribution is 2.13. The molecule has 1 heterocycles. The van der Waals surface area contributed by atoms with Gasteiger partial charge in [-0.1, -0.05) is 112 Å². The Kier molecular flexibility index (Phi) is 34.5. The van der Waals surface area contributed by atoms with E-state index in [0.29, 0.717) is 0 Å². The lowest BCUT2D eigenvalue weighted by Gasteiger charge is -2.21. The zero-order valence-corrected chi connectivity index (χ0v) is 37.3. The number of aliphatic hydroxyl groups is 1. The minimum atomic E-state index is -0.629. The van der Waals surface area contributed by atoms with E-state index in [2.05, 4.69) is 27.7 Å². The summed E-state index contributed by atoms with van der Waals surface area (Å²) in [5.74, 6) is -3.68. The van der Waals surface area contributed by atoms with Crippen LogP contribution in [0.4, 0.5) is 4.79 Å². The van der Waals surface area contributed by atoms with Gasteiger partial charge in [0, 0.05) is 37.7 Å². The number of aromatic nitrogens is 2.